The van der Waals surface area contributed by atoms with Crippen LogP contribution in [0.25, 0.3) is 0 Å². The molecule has 4 rings (SSSR count). The minimum absolute atomic E-state index is 0.0737. The summed E-state index contributed by atoms with van der Waals surface area (Å²) >= 11 is 0. The number of alkyl halides is 2. The first-order chi connectivity index (χ1) is 15.8. The number of hydrogen-bond donors (Lipinski definition) is 1. The first-order valence-electron chi connectivity index (χ1n) is 11.5. The molecule has 1 aliphatic heterocycles. The smallest absolute Gasteiger partial charge is 0.267 e. The number of ether oxygens (including phenoxy) is 1. The zero-order valence-corrected chi connectivity index (χ0v) is 19.6. The number of hydrogen-bond acceptors (Lipinski definition) is 5. The highest BCUT2D eigenvalue weighted by molar-refractivity contribution is 7.88. The second-order valence-corrected chi connectivity index (χ2v) is 10.8. The van der Waals surface area contributed by atoms with Gasteiger partial charge in [0.25, 0.3) is 6.43 Å². The molecule has 180 valence electrons. The summed E-state index contributed by atoms with van der Waals surface area (Å²) in [4.78, 5) is 5.99. The molecule has 2 aliphatic rings. The molecule has 1 saturated heterocycles. The van der Waals surface area contributed by atoms with Gasteiger partial charge in [-0.3, -0.25) is 0 Å². The van der Waals surface area contributed by atoms with Crippen molar-refractivity contribution in [1.82, 2.24) is 9.71 Å². The van der Waals surface area contributed by atoms with Gasteiger partial charge in [0, 0.05) is 18.8 Å². The molecule has 2 fully saturated rings. The Hall–Kier alpha value is -2.10. The normalized spacial score (nSPS) is 26.1. The van der Waals surface area contributed by atoms with Crippen LogP contribution < -0.4 is 9.62 Å². The summed E-state index contributed by atoms with van der Waals surface area (Å²) in [5, 5.41) is 0. The van der Waals surface area contributed by atoms with Gasteiger partial charge in [-0.2, -0.15) is 0 Å². The SMILES string of the molecule is CS(=O)(=O)N[C@H]1CCN(c2ncccc2C(F)F)[C@H]1COC1CCC(c2ccccc2)CC1. The fraction of sp³-hybridized carbons (Fsp3) is 0.542. The summed E-state index contributed by atoms with van der Waals surface area (Å²) in [6.07, 6.45) is 4.42. The highest BCUT2D eigenvalue weighted by Crippen LogP contribution is 2.36. The van der Waals surface area contributed by atoms with Gasteiger partial charge in [-0.25, -0.2) is 26.9 Å². The van der Waals surface area contributed by atoms with Crippen LogP contribution in [0.1, 0.15) is 55.6 Å². The van der Waals surface area contributed by atoms with Gasteiger partial charge in [-0.1, -0.05) is 30.3 Å². The zero-order valence-electron chi connectivity index (χ0n) is 18.7. The summed E-state index contributed by atoms with van der Waals surface area (Å²) < 4.78 is 60.0. The molecule has 1 aromatic heterocycles. The molecule has 0 radical (unpaired) electrons. The van der Waals surface area contributed by atoms with E-state index in [0.29, 0.717) is 18.9 Å². The number of anilines is 1. The molecule has 1 aromatic carbocycles. The van der Waals surface area contributed by atoms with Gasteiger partial charge in [0.1, 0.15) is 5.82 Å². The molecule has 2 heterocycles. The molecule has 1 saturated carbocycles. The summed E-state index contributed by atoms with van der Waals surface area (Å²) in [5.41, 5.74) is 1.20. The zero-order chi connectivity index (χ0) is 23.4. The van der Waals surface area contributed by atoms with E-state index in [0.717, 1.165) is 31.9 Å². The van der Waals surface area contributed by atoms with E-state index in [2.05, 4.69) is 34.0 Å². The number of nitrogens with zero attached hydrogens (tertiary/aromatic N) is 2. The van der Waals surface area contributed by atoms with Crippen LogP contribution in [0.2, 0.25) is 0 Å². The van der Waals surface area contributed by atoms with Gasteiger partial charge >= 0.3 is 0 Å². The first kappa shape index (κ1) is 24.0. The van der Waals surface area contributed by atoms with Crippen molar-refractivity contribution in [2.24, 2.45) is 0 Å². The average molecular weight is 480 g/mol. The van der Waals surface area contributed by atoms with Gasteiger partial charge in [0.2, 0.25) is 10.0 Å². The van der Waals surface area contributed by atoms with Crippen LogP contribution in [-0.2, 0) is 14.8 Å². The van der Waals surface area contributed by atoms with Crippen molar-refractivity contribution < 1.29 is 21.9 Å². The van der Waals surface area contributed by atoms with Gasteiger partial charge in [-0.05, 0) is 55.7 Å². The molecular formula is C24H31F2N3O3S. The van der Waals surface area contributed by atoms with E-state index in [1.54, 1.807) is 4.90 Å². The number of rotatable bonds is 8. The van der Waals surface area contributed by atoms with Crippen molar-refractivity contribution >= 4 is 15.8 Å². The minimum atomic E-state index is -3.45. The van der Waals surface area contributed by atoms with Crippen molar-refractivity contribution in [3.05, 3.63) is 59.8 Å². The van der Waals surface area contributed by atoms with Crippen molar-refractivity contribution in [2.75, 3.05) is 24.3 Å². The number of halogens is 2. The van der Waals surface area contributed by atoms with Gasteiger partial charge in [0.05, 0.1) is 30.6 Å². The van der Waals surface area contributed by atoms with E-state index < -0.39 is 28.5 Å². The molecule has 0 spiro atoms. The fourth-order valence-electron chi connectivity index (χ4n) is 5.08. The number of benzene rings is 1. The predicted octanol–water partition coefficient (Wildman–Crippen LogP) is 4.26. The quantitative estimate of drug-likeness (QED) is 0.613. The van der Waals surface area contributed by atoms with E-state index >= 15 is 0 Å². The Bertz CT molecular complexity index is 1010. The van der Waals surface area contributed by atoms with Crippen molar-refractivity contribution in [3.8, 4) is 0 Å². The van der Waals surface area contributed by atoms with E-state index in [-0.39, 0.29) is 24.1 Å². The molecule has 6 nitrogen and oxygen atoms in total. The molecule has 0 unspecified atom stereocenters. The molecule has 1 aliphatic carbocycles. The Kier molecular flexibility index (Phi) is 7.61. The van der Waals surface area contributed by atoms with Crippen molar-refractivity contribution in [1.29, 1.82) is 0 Å². The van der Waals surface area contributed by atoms with Gasteiger partial charge in [-0.15, -0.1) is 0 Å². The average Bonchev–Trinajstić information content (AvgIpc) is 3.19. The minimum Gasteiger partial charge on any atom is -0.376 e. The maximum Gasteiger partial charge on any atom is 0.267 e. The molecular weight excluding hydrogens is 448 g/mol. The third kappa shape index (κ3) is 6.07. The van der Waals surface area contributed by atoms with Gasteiger partial charge in [0.15, 0.2) is 0 Å². The number of nitrogens with one attached hydrogen (secondary N) is 1. The van der Waals surface area contributed by atoms with E-state index in [1.165, 1.54) is 23.9 Å². The monoisotopic (exact) mass is 479 g/mol. The predicted molar refractivity (Wildman–Crippen MR) is 124 cm³/mol. The van der Waals surface area contributed by atoms with Crippen molar-refractivity contribution in [2.45, 2.75) is 62.6 Å². The third-order valence-corrected chi connectivity index (χ3v) is 7.41. The van der Waals surface area contributed by atoms with E-state index in [1.807, 2.05) is 6.07 Å². The van der Waals surface area contributed by atoms with Crippen LogP contribution in [0.15, 0.2) is 48.7 Å². The largest absolute Gasteiger partial charge is 0.376 e. The number of pyridine rings is 1. The molecule has 33 heavy (non-hydrogen) atoms. The summed E-state index contributed by atoms with van der Waals surface area (Å²) in [6, 6.07) is 12.5. The Morgan fingerprint density at radius 2 is 1.82 bits per heavy atom. The third-order valence-electron chi connectivity index (χ3n) is 6.68. The molecule has 0 amide bonds. The van der Waals surface area contributed by atoms with E-state index in [9.17, 15) is 17.2 Å². The molecule has 0 bridgehead atoms. The lowest BCUT2D eigenvalue weighted by Crippen LogP contribution is -2.48. The Labute approximate surface area is 194 Å². The molecule has 2 atom stereocenters. The van der Waals surface area contributed by atoms with Crippen LogP contribution in [0, 0.1) is 0 Å². The van der Waals surface area contributed by atoms with Crippen LogP contribution in [0.5, 0.6) is 0 Å². The van der Waals surface area contributed by atoms with Crippen molar-refractivity contribution in [3.63, 3.8) is 0 Å². The summed E-state index contributed by atoms with van der Waals surface area (Å²) in [6.45, 7) is 0.686. The second kappa shape index (κ2) is 10.4. The maximum absolute atomic E-state index is 13.6. The number of sulfonamides is 1. The molecule has 1 N–H and O–H groups in total. The maximum atomic E-state index is 13.6. The highest BCUT2D eigenvalue weighted by Gasteiger charge is 2.39. The summed E-state index contributed by atoms with van der Waals surface area (Å²) in [5.74, 6) is 0.725. The Balaban J connectivity index is 1.44. The topological polar surface area (TPSA) is 71.5 Å². The Morgan fingerprint density at radius 1 is 1.09 bits per heavy atom. The van der Waals surface area contributed by atoms with Crippen LogP contribution in [-0.4, -0.2) is 51.0 Å². The lowest BCUT2D eigenvalue weighted by molar-refractivity contribution is 0.0155. The van der Waals surface area contributed by atoms with Gasteiger partial charge < -0.3 is 9.64 Å². The first-order valence-corrected chi connectivity index (χ1v) is 13.3. The van der Waals surface area contributed by atoms with E-state index in [4.69, 9.17) is 4.74 Å². The highest BCUT2D eigenvalue weighted by atomic mass is 32.2. The molecule has 9 heteroatoms. The second-order valence-electron chi connectivity index (χ2n) is 8.98. The number of aromatic nitrogens is 1. The summed E-state index contributed by atoms with van der Waals surface area (Å²) in [7, 11) is -3.45. The standard InChI is InChI=1S/C24H31F2N3O3S/c1-33(30,31)28-21-13-15-29(24-20(23(25)26)8-5-14-27-24)22(21)16-32-19-11-9-18(10-12-19)17-6-3-2-4-7-17/h2-8,14,18-19,21-23,28H,9-13,15-16H2,1H3/t18?,19?,21-,22-/m0/s1. The fourth-order valence-corrected chi connectivity index (χ4v) is 5.90. The van der Waals surface area contributed by atoms with Crippen LogP contribution >= 0.6 is 0 Å². The lowest BCUT2D eigenvalue weighted by atomic mass is 9.83. The molecule has 2 aromatic rings. The lowest BCUT2D eigenvalue weighted by Gasteiger charge is -2.33. The van der Waals surface area contributed by atoms with Crippen LogP contribution in [0.4, 0.5) is 14.6 Å². The Morgan fingerprint density at radius 3 is 2.48 bits per heavy atom. The van der Waals surface area contributed by atoms with Crippen LogP contribution in [0.3, 0.4) is 0 Å².